The Morgan fingerprint density at radius 2 is 2.00 bits per heavy atom. The number of ether oxygens (including phenoxy) is 1. The van der Waals surface area contributed by atoms with E-state index in [2.05, 4.69) is 23.8 Å². The third-order valence-corrected chi connectivity index (χ3v) is 1.46. The highest BCUT2D eigenvalue weighted by Gasteiger charge is 2.04. The van der Waals surface area contributed by atoms with Gasteiger partial charge < -0.3 is 14.7 Å². The molecule has 0 aromatic carbocycles. The predicted octanol–water partition coefficient (Wildman–Crippen LogP) is -0.725. The van der Waals surface area contributed by atoms with Gasteiger partial charge in [0.25, 0.3) is 0 Å². The fourth-order valence-corrected chi connectivity index (χ4v) is 0.866. The zero-order valence-electron chi connectivity index (χ0n) is 6.84. The molecular weight excluding hydrogens is 154 g/mol. The minimum absolute atomic E-state index is 0.127. The summed E-state index contributed by atoms with van der Waals surface area (Å²) in [6.45, 7) is 3.03. The maximum absolute atomic E-state index is 8.33. The molecule has 0 aliphatic carbocycles. The van der Waals surface area contributed by atoms with Crippen LogP contribution in [0.4, 0.5) is 0 Å². The average Bonchev–Trinajstić information content (AvgIpc) is 2.14. The van der Waals surface area contributed by atoms with Crippen molar-refractivity contribution in [3.63, 3.8) is 0 Å². The van der Waals surface area contributed by atoms with Crippen molar-refractivity contribution < 1.29 is 9.84 Å². The van der Waals surface area contributed by atoms with Crippen LogP contribution in [0.5, 0.6) is 0 Å². The second kappa shape index (κ2) is 5.49. The second-order valence-electron chi connectivity index (χ2n) is 2.30. The normalized spacial score (nSPS) is 15.6. The Bertz CT molecular complexity index is 235. The van der Waals surface area contributed by atoms with Crippen LogP contribution in [0.2, 0.25) is 0 Å². The highest BCUT2D eigenvalue weighted by Crippen LogP contribution is 1.92. The standard InChI is InChI=1S/C9H11NO2/c11-7-3-1-2-4-10-5-8-12-9-6-10/h11H,5-9H2. The molecule has 0 saturated carbocycles. The minimum Gasteiger partial charge on any atom is -0.384 e. The molecule has 0 bridgehead atoms. The fraction of sp³-hybridized carbons (Fsp3) is 0.556. The number of rotatable bonds is 0. The molecular formula is C9H11NO2. The van der Waals surface area contributed by atoms with Gasteiger partial charge in [0.15, 0.2) is 0 Å². The molecule has 1 saturated heterocycles. The van der Waals surface area contributed by atoms with Crippen LogP contribution in [0.15, 0.2) is 0 Å². The molecule has 3 nitrogen and oxygen atoms in total. The number of hydrogen-bond donors (Lipinski definition) is 1. The van der Waals surface area contributed by atoms with Gasteiger partial charge in [-0.05, 0) is 5.92 Å². The SMILES string of the molecule is OCC#CC#CN1CCOCC1. The molecule has 0 aromatic rings. The van der Waals surface area contributed by atoms with Gasteiger partial charge in [-0.25, -0.2) is 0 Å². The number of morpholine rings is 1. The maximum Gasteiger partial charge on any atom is 0.105 e. The summed E-state index contributed by atoms with van der Waals surface area (Å²) in [6, 6.07) is 2.88. The number of aliphatic hydroxyl groups is 1. The first kappa shape index (κ1) is 8.93. The van der Waals surface area contributed by atoms with E-state index in [1.807, 2.05) is 4.90 Å². The smallest absolute Gasteiger partial charge is 0.105 e. The summed E-state index contributed by atoms with van der Waals surface area (Å²) in [4.78, 5) is 1.97. The van der Waals surface area contributed by atoms with Gasteiger partial charge in [-0.2, -0.15) is 0 Å². The van der Waals surface area contributed by atoms with Crippen molar-refractivity contribution in [2.45, 2.75) is 0 Å². The largest absolute Gasteiger partial charge is 0.384 e. The summed E-state index contributed by atoms with van der Waals surface area (Å²) in [5, 5.41) is 8.33. The van der Waals surface area contributed by atoms with Crippen LogP contribution >= 0.6 is 0 Å². The van der Waals surface area contributed by atoms with E-state index in [0.29, 0.717) is 0 Å². The summed E-state index contributed by atoms with van der Waals surface area (Å²) >= 11 is 0. The molecule has 1 rings (SSSR count). The van der Waals surface area contributed by atoms with Gasteiger partial charge in [0, 0.05) is 25.1 Å². The number of nitrogens with zero attached hydrogens (tertiary/aromatic N) is 1. The number of aliphatic hydroxyl groups excluding tert-OH is 1. The van der Waals surface area contributed by atoms with Crippen molar-refractivity contribution in [2.75, 3.05) is 32.9 Å². The molecule has 1 aliphatic rings. The van der Waals surface area contributed by atoms with Gasteiger partial charge in [0.05, 0.1) is 13.2 Å². The third kappa shape index (κ3) is 3.30. The molecule has 0 atom stereocenters. The highest BCUT2D eigenvalue weighted by atomic mass is 16.5. The lowest BCUT2D eigenvalue weighted by molar-refractivity contribution is 0.0638. The third-order valence-electron chi connectivity index (χ3n) is 1.46. The molecule has 0 amide bonds. The van der Waals surface area contributed by atoms with E-state index in [0.717, 1.165) is 26.3 Å². The molecule has 1 fully saturated rings. The Morgan fingerprint density at radius 3 is 2.67 bits per heavy atom. The molecule has 0 radical (unpaired) electrons. The van der Waals surface area contributed by atoms with Crippen molar-refractivity contribution in [1.29, 1.82) is 0 Å². The lowest BCUT2D eigenvalue weighted by Gasteiger charge is -2.22. The van der Waals surface area contributed by atoms with E-state index in [9.17, 15) is 0 Å². The molecule has 0 aromatic heterocycles. The van der Waals surface area contributed by atoms with E-state index in [1.165, 1.54) is 0 Å². The molecule has 1 N–H and O–H groups in total. The van der Waals surface area contributed by atoms with Crippen molar-refractivity contribution in [1.82, 2.24) is 4.90 Å². The van der Waals surface area contributed by atoms with Crippen molar-refractivity contribution in [3.05, 3.63) is 0 Å². The summed E-state index contributed by atoms with van der Waals surface area (Å²) in [6.07, 6.45) is 0. The van der Waals surface area contributed by atoms with Crippen LogP contribution in [0.1, 0.15) is 0 Å². The van der Waals surface area contributed by atoms with E-state index < -0.39 is 0 Å². The van der Waals surface area contributed by atoms with Gasteiger partial charge in [0.1, 0.15) is 6.61 Å². The zero-order valence-corrected chi connectivity index (χ0v) is 6.84. The molecule has 64 valence electrons. The quantitative estimate of drug-likeness (QED) is 0.481. The topological polar surface area (TPSA) is 32.7 Å². The van der Waals surface area contributed by atoms with Gasteiger partial charge >= 0.3 is 0 Å². The monoisotopic (exact) mass is 165 g/mol. The van der Waals surface area contributed by atoms with Gasteiger partial charge in [-0.15, -0.1) is 0 Å². The summed E-state index contributed by atoms with van der Waals surface area (Å²) < 4.78 is 5.14. The van der Waals surface area contributed by atoms with Gasteiger partial charge in [0.2, 0.25) is 0 Å². The van der Waals surface area contributed by atoms with E-state index >= 15 is 0 Å². The first-order valence-corrected chi connectivity index (χ1v) is 3.85. The Balaban J connectivity index is 2.31. The minimum atomic E-state index is -0.127. The van der Waals surface area contributed by atoms with Gasteiger partial charge in [-0.3, -0.25) is 0 Å². The fourth-order valence-electron chi connectivity index (χ4n) is 0.866. The Kier molecular flexibility index (Phi) is 4.08. The first-order chi connectivity index (χ1) is 5.93. The molecule has 12 heavy (non-hydrogen) atoms. The van der Waals surface area contributed by atoms with Crippen molar-refractivity contribution in [3.8, 4) is 23.8 Å². The molecule has 0 unspecified atom stereocenters. The van der Waals surface area contributed by atoms with E-state index in [1.54, 1.807) is 0 Å². The van der Waals surface area contributed by atoms with Crippen LogP contribution in [-0.4, -0.2) is 42.9 Å². The van der Waals surface area contributed by atoms with Crippen LogP contribution in [-0.2, 0) is 4.74 Å². The van der Waals surface area contributed by atoms with Crippen LogP contribution < -0.4 is 0 Å². The second-order valence-corrected chi connectivity index (χ2v) is 2.30. The van der Waals surface area contributed by atoms with Crippen molar-refractivity contribution in [2.24, 2.45) is 0 Å². The molecule has 3 heteroatoms. The Labute approximate surface area is 72.3 Å². The van der Waals surface area contributed by atoms with Crippen LogP contribution in [0.3, 0.4) is 0 Å². The van der Waals surface area contributed by atoms with Gasteiger partial charge in [-0.1, -0.05) is 5.92 Å². The van der Waals surface area contributed by atoms with Crippen LogP contribution in [0, 0.1) is 23.8 Å². The Morgan fingerprint density at radius 1 is 1.25 bits per heavy atom. The van der Waals surface area contributed by atoms with E-state index in [4.69, 9.17) is 9.84 Å². The highest BCUT2D eigenvalue weighted by molar-refractivity contribution is 5.25. The summed E-state index contributed by atoms with van der Waals surface area (Å²) in [7, 11) is 0. The molecule has 1 heterocycles. The summed E-state index contributed by atoms with van der Waals surface area (Å²) in [5.41, 5.74) is 0. The molecule has 0 spiro atoms. The first-order valence-electron chi connectivity index (χ1n) is 3.85. The van der Waals surface area contributed by atoms with Crippen LogP contribution in [0.25, 0.3) is 0 Å². The van der Waals surface area contributed by atoms with E-state index in [-0.39, 0.29) is 6.61 Å². The number of hydrogen-bond acceptors (Lipinski definition) is 3. The Hall–Kier alpha value is -1.16. The lowest BCUT2D eigenvalue weighted by atomic mass is 10.4. The maximum atomic E-state index is 8.33. The van der Waals surface area contributed by atoms with Crippen molar-refractivity contribution >= 4 is 0 Å². The average molecular weight is 165 g/mol. The molecule has 1 aliphatic heterocycles. The summed E-state index contributed by atoms with van der Waals surface area (Å²) in [5.74, 6) is 7.66. The zero-order chi connectivity index (χ0) is 8.65. The lowest BCUT2D eigenvalue weighted by Crippen LogP contribution is -2.32. The predicted molar refractivity (Wildman–Crippen MR) is 45.0 cm³/mol.